The van der Waals surface area contributed by atoms with Gasteiger partial charge in [-0.1, -0.05) is 32.0 Å². The molecule has 2 aromatic carbocycles. The summed E-state index contributed by atoms with van der Waals surface area (Å²) in [5, 5.41) is 16.6. The minimum Gasteiger partial charge on any atom is -0.452 e. The number of nitrogens with zero attached hydrogens (tertiary/aromatic N) is 1. The lowest BCUT2D eigenvalue weighted by Crippen LogP contribution is -2.22. The van der Waals surface area contributed by atoms with E-state index in [1.54, 1.807) is 7.05 Å². The van der Waals surface area contributed by atoms with E-state index >= 15 is 0 Å². The minimum absolute atomic E-state index is 0.00158. The quantitative estimate of drug-likeness (QED) is 0.408. The Balaban J connectivity index is 2.07. The standard InChI is InChI=1S/C20H23N3O5/c1-4-13-7-6-8-14(5-2)19(13)22-18(24)12-28-20(25)15-9-10-16(21-3)17(11-15)23(26)27/h6-11,21H,4-5,12H2,1-3H3,(H,22,24). The second-order valence-electron chi connectivity index (χ2n) is 6.02. The predicted molar refractivity (Wildman–Crippen MR) is 107 cm³/mol. The maximum Gasteiger partial charge on any atom is 0.338 e. The van der Waals surface area contributed by atoms with Crippen molar-refractivity contribution in [3.63, 3.8) is 0 Å². The van der Waals surface area contributed by atoms with E-state index in [4.69, 9.17) is 4.74 Å². The van der Waals surface area contributed by atoms with E-state index in [9.17, 15) is 19.7 Å². The topological polar surface area (TPSA) is 111 Å². The fourth-order valence-corrected chi connectivity index (χ4v) is 2.81. The number of benzene rings is 2. The number of ether oxygens (including phenoxy) is 1. The third-order valence-corrected chi connectivity index (χ3v) is 4.30. The molecular weight excluding hydrogens is 362 g/mol. The van der Waals surface area contributed by atoms with Crippen LogP contribution in [0.25, 0.3) is 0 Å². The molecule has 0 fully saturated rings. The molecule has 0 aliphatic heterocycles. The highest BCUT2D eigenvalue weighted by molar-refractivity contribution is 5.97. The van der Waals surface area contributed by atoms with Gasteiger partial charge in [-0.3, -0.25) is 14.9 Å². The number of anilines is 2. The number of nitro groups is 1. The zero-order valence-corrected chi connectivity index (χ0v) is 16.1. The molecule has 8 nitrogen and oxygen atoms in total. The molecule has 0 saturated heterocycles. The lowest BCUT2D eigenvalue weighted by molar-refractivity contribution is -0.384. The van der Waals surface area contributed by atoms with Gasteiger partial charge in [-0.2, -0.15) is 0 Å². The van der Waals surface area contributed by atoms with E-state index in [-0.39, 0.29) is 16.9 Å². The lowest BCUT2D eigenvalue weighted by atomic mass is 10.0. The van der Waals surface area contributed by atoms with Gasteiger partial charge < -0.3 is 15.4 Å². The molecule has 28 heavy (non-hydrogen) atoms. The maximum absolute atomic E-state index is 12.3. The second-order valence-corrected chi connectivity index (χ2v) is 6.02. The molecule has 0 saturated carbocycles. The summed E-state index contributed by atoms with van der Waals surface area (Å²) in [6.45, 7) is 3.50. The van der Waals surface area contributed by atoms with Crippen LogP contribution in [0.5, 0.6) is 0 Å². The molecule has 0 unspecified atom stereocenters. The van der Waals surface area contributed by atoms with Gasteiger partial charge >= 0.3 is 5.97 Å². The van der Waals surface area contributed by atoms with Crippen molar-refractivity contribution >= 4 is 28.9 Å². The summed E-state index contributed by atoms with van der Waals surface area (Å²) in [5.74, 6) is -1.27. The lowest BCUT2D eigenvalue weighted by Gasteiger charge is -2.14. The normalized spacial score (nSPS) is 10.2. The highest BCUT2D eigenvalue weighted by atomic mass is 16.6. The van der Waals surface area contributed by atoms with Gasteiger partial charge in [0.1, 0.15) is 5.69 Å². The number of hydrogen-bond acceptors (Lipinski definition) is 6. The number of para-hydroxylation sites is 1. The van der Waals surface area contributed by atoms with Crippen LogP contribution in [0.15, 0.2) is 36.4 Å². The van der Waals surface area contributed by atoms with Gasteiger partial charge in [-0.15, -0.1) is 0 Å². The van der Waals surface area contributed by atoms with E-state index in [2.05, 4.69) is 10.6 Å². The van der Waals surface area contributed by atoms with Crippen molar-refractivity contribution in [1.82, 2.24) is 0 Å². The van der Waals surface area contributed by atoms with Crippen LogP contribution in [0, 0.1) is 10.1 Å². The Labute approximate surface area is 163 Å². The molecule has 1 amide bonds. The average molecular weight is 385 g/mol. The van der Waals surface area contributed by atoms with Crippen LogP contribution >= 0.6 is 0 Å². The highest BCUT2D eigenvalue weighted by Gasteiger charge is 2.19. The van der Waals surface area contributed by atoms with Crippen molar-refractivity contribution in [2.75, 3.05) is 24.3 Å². The first-order valence-electron chi connectivity index (χ1n) is 8.95. The summed E-state index contributed by atoms with van der Waals surface area (Å²) in [6, 6.07) is 9.75. The number of aryl methyl sites for hydroxylation is 2. The van der Waals surface area contributed by atoms with Crippen molar-refractivity contribution in [2.45, 2.75) is 26.7 Å². The van der Waals surface area contributed by atoms with Gasteiger partial charge in [0.05, 0.1) is 10.5 Å². The van der Waals surface area contributed by atoms with Crippen molar-refractivity contribution in [3.05, 3.63) is 63.2 Å². The summed E-state index contributed by atoms with van der Waals surface area (Å²) < 4.78 is 5.02. The number of nitro benzene ring substituents is 1. The SMILES string of the molecule is CCc1cccc(CC)c1NC(=O)COC(=O)c1ccc(NC)c([N+](=O)[O-])c1. The van der Waals surface area contributed by atoms with E-state index in [0.717, 1.165) is 35.7 Å². The van der Waals surface area contributed by atoms with Gasteiger partial charge in [0, 0.05) is 18.8 Å². The Hall–Kier alpha value is -3.42. The molecular formula is C20H23N3O5. The number of carbonyl (C=O) groups excluding carboxylic acids is 2. The van der Waals surface area contributed by atoms with E-state index < -0.39 is 23.4 Å². The van der Waals surface area contributed by atoms with Crippen LogP contribution in [0.1, 0.15) is 35.3 Å². The van der Waals surface area contributed by atoms with Gasteiger partial charge in [-0.05, 0) is 36.1 Å². The Morgan fingerprint density at radius 2 is 1.75 bits per heavy atom. The first-order valence-corrected chi connectivity index (χ1v) is 8.95. The molecule has 148 valence electrons. The number of rotatable bonds is 8. The number of nitrogens with one attached hydrogen (secondary N) is 2. The largest absolute Gasteiger partial charge is 0.452 e. The molecule has 2 N–H and O–H groups in total. The Morgan fingerprint density at radius 3 is 2.29 bits per heavy atom. The summed E-state index contributed by atoms with van der Waals surface area (Å²) in [5.41, 5.74) is 2.77. The summed E-state index contributed by atoms with van der Waals surface area (Å²) in [7, 11) is 1.55. The maximum atomic E-state index is 12.3. The molecule has 0 heterocycles. The molecule has 0 radical (unpaired) electrons. The number of carbonyl (C=O) groups is 2. The van der Waals surface area contributed by atoms with Crippen LogP contribution < -0.4 is 10.6 Å². The van der Waals surface area contributed by atoms with Crippen LogP contribution in [0.3, 0.4) is 0 Å². The zero-order valence-electron chi connectivity index (χ0n) is 16.1. The molecule has 0 aromatic heterocycles. The first kappa shape index (κ1) is 20.9. The third kappa shape index (κ3) is 4.85. The van der Waals surface area contributed by atoms with Crippen LogP contribution in [0.2, 0.25) is 0 Å². The molecule has 2 aromatic rings. The number of esters is 1. The predicted octanol–water partition coefficient (Wildman–Crippen LogP) is 3.56. The third-order valence-electron chi connectivity index (χ3n) is 4.30. The first-order chi connectivity index (χ1) is 13.4. The van der Waals surface area contributed by atoms with Crippen molar-refractivity contribution in [1.29, 1.82) is 0 Å². The van der Waals surface area contributed by atoms with E-state index in [1.807, 2.05) is 32.0 Å². The summed E-state index contributed by atoms with van der Waals surface area (Å²) in [4.78, 5) is 34.9. The van der Waals surface area contributed by atoms with Crippen LogP contribution in [0.4, 0.5) is 17.1 Å². The van der Waals surface area contributed by atoms with Gasteiger partial charge in [0.2, 0.25) is 0 Å². The van der Waals surface area contributed by atoms with E-state index in [0.29, 0.717) is 0 Å². The Morgan fingerprint density at radius 1 is 1.11 bits per heavy atom. The molecule has 0 aliphatic rings. The Kier molecular flexibility index (Phi) is 7.08. The highest BCUT2D eigenvalue weighted by Crippen LogP contribution is 2.25. The number of amides is 1. The van der Waals surface area contributed by atoms with Gasteiger partial charge in [-0.25, -0.2) is 4.79 Å². The minimum atomic E-state index is -0.805. The van der Waals surface area contributed by atoms with Gasteiger partial charge in [0.15, 0.2) is 6.61 Å². The molecule has 0 aliphatic carbocycles. The molecule has 2 rings (SSSR count). The molecule has 8 heteroatoms. The van der Waals surface area contributed by atoms with Crippen molar-refractivity contribution in [3.8, 4) is 0 Å². The molecule has 0 bridgehead atoms. The van der Waals surface area contributed by atoms with Crippen molar-refractivity contribution < 1.29 is 19.2 Å². The summed E-state index contributed by atoms with van der Waals surface area (Å²) in [6.07, 6.45) is 1.51. The second kappa shape index (κ2) is 9.50. The van der Waals surface area contributed by atoms with Gasteiger partial charge in [0.25, 0.3) is 11.6 Å². The van der Waals surface area contributed by atoms with Crippen LogP contribution in [-0.2, 0) is 22.4 Å². The average Bonchev–Trinajstić information content (AvgIpc) is 2.71. The Bertz CT molecular complexity index is 873. The van der Waals surface area contributed by atoms with Crippen molar-refractivity contribution in [2.24, 2.45) is 0 Å². The monoisotopic (exact) mass is 385 g/mol. The fraction of sp³-hybridized carbons (Fsp3) is 0.300. The van der Waals surface area contributed by atoms with E-state index in [1.165, 1.54) is 12.1 Å². The van der Waals surface area contributed by atoms with Crippen LogP contribution in [-0.4, -0.2) is 30.5 Å². The molecule has 0 atom stereocenters. The fourth-order valence-electron chi connectivity index (χ4n) is 2.81. The molecule has 0 spiro atoms. The zero-order chi connectivity index (χ0) is 20.7. The summed E-state index contributed by atoms with van der Waals surface area (Å²) >= 11 is 0. The number of hydrogen-bond donors (Lipinski definition) is 2. The smallest absolute Gasteiger partial charge is 0.338 e.